The third-order valence-corrected chi connectivity index (χ3v) is 4.02. The van der Waals surface area contributed by atoms with Crippen LogP contribution in [0.2, 0.25) is 0 Å². The van der Waals surface area contributed by atoms with E-state index in [1.54, 1.807) is 0 Å². The van der Waals surface area contributed by atoms with Crippen LogP contribution in [0.25, 0.3) is 5.65 Å². The first-order valence-corrected chi connectivity index (χ1v) is 7.90. The van der Waals surface area contributed by atoms with Crippen LogP contribution in [-0.2, 0) is 6.54 Å². The van der Waals surface area contributed by atoms with Gasteiger partial charge in [-0.1, -0.05) is 22.0 Å². The molecule has 1 fully saturated rings. The standard InChI is InChI=1S/C14H19BrN4/c15-4-6-17-7-9-18(10-8-17)11-13-12-19-5-2-1-3-14(19)16-13/h1-3,5,12H,4,6-11H2. The highest BCUT2D eigenvalue weighted by molar-refractivity contribution is 9.09. The second-order valence-corrected chi connectivity index (χ2v) is 5.80. The molecule has 1 aliphatic heterocycles. The minimum absolute atomic E-state index is 0.962. The molecule has 0 saturated carbocycles. The van der Waals surface area contributed by atoms with Crippen LogP contribution in [0.3, 0.4) is 0 Å². The summed E-state index contributed by atoms with van der Waals surface area (Å²) in [5, 5.41) is 1.07. The van der Waals surface area contributed by atoms with Crippen LogP contribution >= 0.6 is 15.9 Å². The van der Waals surface area contributed by atoms with Gasteiger partial charge < -0.3 is 4.40 Å². The zero-order valence-corrected chi connectivity index (χ0v) is 12.6. The van der Waals surface area contributed by atoms with E-state index in [-0.39, 0.29) is 0 Å². The van der Waals surface area contributed by atoms with E-state index in [9.17, 15) is 0 Å². The maximum Gasteiger partial charge on any atom is 0.137 e. The summed E-state index contributed by atoms with van der Waals surface area (Å²) in [6, 6.07) is 6.13. The van der Waals surface area contributed by atoms with E-state index in [0.29, 0.717) is 0 Å². The van der Waals surface area contributed by atoms with Crippen molar-refractivity contribution in [1.29, 1.82) is 0 Å². The first-order valence-electron chi connectivity index (χ1n) is 6.78. The lowest BCUT2D eigenvalue weighted by molar-refractivity contribution is 0.132. The number of nitrogens with zero attached hydrogens (tertiary/aromatic N) is 4. The minimum atomic E-state index is 0.962. The third-order valence-electron chi connectivity index (χ3n) is 3.67. The Kier molecular flexibility index (Phi) is 4.15. The lowest BCUT2D eigenvalue weighted by Crippen LogP contribution is -2.46. The predicted molar refractivity (Wildman–Crippen MR) is 80.7 cm³/mol. The number of halogens is 1. The molecule has 0 amide bonds. The molecule has 0 atom stereocenters. The number of fused-ring (bicyclic) bond motifs is 1. The highest BCUT2D eigenvalue weighted by Crippen LogP contribution is 2.10. The Morgan fingerprint density at radius 3 is 2.63 bits per heavy atom. The van der Waals surface area contributed by atoms with E-state index >= 15 is 0 Å². The fraction of sp³-hybridized carbons (Fsp3) is 0.500. The van der Waals surface area contributed by atoms with Crippen molar-refractivity contribution in [3.05, 3.63) is 36.3 Å². The highest BCUT2D eigenvalue weighted by atomic mass is 79.9. The molecular formula is C14H19BrN4. The van der Waals surface area contributed by atoms with Gasteiger partial charge in [0, 0.05) is 57.0 Å². The van der Waals surface area contributed by atoms with E-state index in [1.807, 2.05) is 12.1 Å². The summed E-state index contributed by atoms with van der Waals surface area (Å²) in [6.07, 6.45) is 4.19. The highest BCUT2D eigenvalue weighted by Gasteiger charge is 2.17. The molecule has 102 valence electrons. The van der Waals surface area contributed by atoms with Crippen LogP contribution in [0.5, 0.6) is 0 Å². The van der Waals surface area contributed by atoms with E-state index in [1.165, 1.54) is 18.8 Å². The maximum absolute atomic E-state index is 4.66. The Hall–Kier alpha value is -0.910. The van der Waals surface area contributed by atoms with Crippen LogP contribution in [-0.4, -0.2) is 57.2 Å². The fourth-order valence-electron chi connectivity index (χ4n) is 2.58. The van der Waals surface area contributed by atoms with Crippen molar-refractivity contribution in [3.8, 4) is 0 Å². The number of aromatic nitrogens is 2. The Morgan fingerprint density at radius 1 is 1.11 bits per heavy atom. The van der Waals surface area contributed by atoms with Crippen molar-refractivity contribution < 1.29 is 0 Å². The molecule has 5 heteroatoms. The van der Waals surface area contributed by atoms with Gasteiger partial charge in [0.15, 0.2) is 0 Å². The number of pyridine rings is 1. The number of piperazine rings is 1. The van der Waals surface area contributed by atoms with Gasteiger partial charge in [-0.15, -0.1) is 0 Å². The number of rotatable bonds is 4. The van der Waals surface area contributed by atoms with Crippen molar-refractivity contribution in [2.45, 2.75) is 6.54 Å². The van der Waals surface area contributed by atoms with Gasteiger partial charge in [0.1, 0.15) is 5.65 Å². The molecule has 0 radical (unpaired) electrons. The molecule has 0 spiro atoms. The molecular weight excluding hydrogens is 304 g/mol. The number of imidazole rings is 1. The second-order valence-electron chi connectivity index (χ2n) is 5.01. The Morgan fingerprint density at radius 2 is 1.89 bits per heavy atom. The zero-order chi connectivity index (χ0) is 13.1. The zero-order valence-electron chi connectivity index (χ0n) is 11.0. The molecule has 0 unspecified atom stereocenters. The quantitative estimate of drug-likeness (QED) is 0.803. The lowest BCUT2D eigenvalue weighted by Gasteiger charge is -2.33. The smallest absolute Gasteiger partial charge is 0.137 e. The lowest BCUT2D eigenvalue weighted by atomic mass is 10.3. The Bertz CT molecular complexity index is 498. The van der Waals surface area contributed by atoms with Crippen molar-refractivity contribution >= 4 is 21.6 Å². The topological polar surface area (TPSA) is 23.8 Å². The van der Waals surface area contributed by atoms with Crippen molar-refractivity contribution in [2.24, 2.45) is 0 Å². The summed E-state index contributed by atoms with van der Waals surface area (Å²) >= 11 is 3.51. The van der Waals surface area contributed by atoms with Crippen molar-refractivity contribution in [3.63, 3.8) is 0 Å². The van der Waals surface area contributed by atoms with Crippen LogP contribution in [0.1, 0.15) is 5.69 Å². The summed E-state index contributed by atoms with van der Waals surface area (Å²) < 4.78 is 2.09. The third kappa shape index (κ3) is 3.16. The molecule has 0 N–H and O–H groups in total. The summed E-state index contributed by atoms with van der Waals surface area (Å²) in [4.78, 5) is 9.66. The van der Waals surface area contributed by atoms with Gasteiger partial charge in [-0.2, -0.15) is 0 Å². The fourth-order valence-corrected chi connectivity index (χ4v) is 3.08. The Labute approximate surface area is 122 Å². The van der Waals surface area contributed by atoms with Gasteiger partial charge in [0.05, 0.1) is 5.69 Å². The second kappa shape index (κ2) is 6.03. The summed E-state index contributed by atoms with van der Waals surface area (Å²) in [5.74, 6) is 0. The van der Waals surface area contributed by atoms with Crippen molar-refractivity contribution in [2.75, 3.05) is 38.1 Å². The van der Waals surface area contributed by atoms with E-state index in [2.05, 4.69) is 53.6 Å². The van der Waals surface area contributed by atoms with Crippen LogP contribution in [0.15, 0.2) is 30.6 Å². The summed E-state index contributed by atoms with van der Waals surface area (Å²) in [6.45, 7) is 6.73. The Balaban J connectivity index is 1.60. The molecule has 4 nitrogen and oxygen atoms in total. The van der Waals surface area contributed by atoms with Gasteiger partial charge in [-0.25, -0.2) is 4.98 Å². The molecule has 2 aromatic heterocycles. The molecule has 0 aliphatic carbocycles. The minimum Gasteiger partial charge on any atom is -0.307 e. The van der Waals surface area contributed by atoms with Gasteiger partial charge in [-0.3, -0.25) is 9.80 Å². The molecule has 1 saturated heterocycles. The van der Waals surface area contributed by atoms with E-state index in [0.717, 1.165) is 37.2 Å². The number of hydrogen-bond donors (Lipinski definition) is 0. The van der Waals surface area contributed by atoms with Gasteiger partial charge in [0.25, 0.3) is 0 Å². The SMILES string of the molecule is BrCCN1CCN(Cc2cn3ccccc3n2)CC1. The largest absolute Gasteiger partial charge is 0.307 e. The average Bonchev–Trinajstić information content (AvgIpc) is 2.83. The molecule has 1 aliphatic rings. The van der Waals surface area contributed by atoms with Gasteiger partial charge >= 0.3 is 0 Å². The first-order chi connectivity index (χ1) is 9.35. The molecule has 3 heterocycles. The van der Waals surface area contributed by atoms with Crippen molar-refractivity contribution in [1.82, 2.24) is 19.2 Å². The number of hydrogen-bond acceptors (Lipinski definition) is 3. The maximum atomic E-state index is 4.66. The normalized spacial score (nSPS) is 18.2. The molecule has 3 rings (SSSR count). The summed E-state index contributed by atoms with van der Waals surface area (Å²) in [5.41, 5.74) is 2.20. The average molecular weight is 323 g/mol. The van der Waals surface area contributed by atoms with Crippen LogP contribution in [0, 0.1) is 0 Å². The van der Waals surface area contributed by atoms with Crippen LogP contribution < -0.4 is 0 Å². The summed E-state index contributed by atoms with van der Waals surface area (Å²) in [7, 11) is 0. The predicted octanol–water partition coefficient (Wildman–Crippen LogP) is 1.85. The van der Waals surface area contributed by atoms with E-state index < -0.39 is 0 Å². The van der Waals surface area contributed by atoms with Gasteiger partial charge in [-0.05, 0) is 12.1 Å². The first kappa shape index (κ1) is 13.1. The monoisotopic (exact) mass is 322 g/mol. The van der Waals surface area contributed by atoms with Gasteiger partial charge in [0.2, 0.25) is 0 Å². The molecule has 2 aromatic rings. The van der Waals surface area contributed by atoms with E-state index in [4.69, 9.17) is 0 Å². The molecule has 0 bridgehead atoms. The number of alkyl halides is 1. The molecule has 0 aromatic carbocycles. The molecule has 19 heavy (non-hydrogen) atoms. The van der Waals surface area contributed by atoms with Crippen LogP contribution in [0.4, 0.5) is 0 Å².